The quantitative estimate of drug-likeness (QED) is 0.0907. The minimum atomic E-state index is -4.44. The molecule has 1 unspecified atom stereocenters. The highest BCUT2D eigenvalue weighted by Gasteiger charge is 2.44. The van der Waals surface area contributed by atoms with Crippen molar-refractivity contribution < 1.29 is 32.4 Å². The van der Waals surface area contributed by atoms with Gasteiger partial charge in [-0.3, -0.25) is 9.55 Å². The first-order valence-corrected chi connectivity index (χ1v) is 16.1. The van der Waals surface area contributed by atoms with E-state index < -0.39 is 19.5 Å². The van der Waals surface area contributed by atoms with Crippen LogP contribution in [0.25, 0.3) is 21.8 Å². The Morgan fingerprint density at radius 1 is 0.952 bits per heavy atom. The fourth-order valence-electron chi connectivity index (χ4n) is 4.65. The van der Waals surface area contributed by atoms with Crippen molar-refractivity contribution >= 4 is 35.0 Å². The number of pyridine rings is 2. The van der Waals surface area contributed by atoms with E-state index in [-0.39, 0.29) is 19.6 Å². The number of aryl methyl sites for hydroxylation is 4. The van der Waals surface area contributed by atoms with Crippen molar-refractivity contribution in [3.63, 3.8) is 0 Å². The van der Waals surface area contributed by atoms with E-state index in [0.717, 1.165) is 57.1 Å². The maximum Gasteiger partial charge on any atom is 0.321 e. The van der Waals surface area contributed by atoms with Crippen molar-refractivity contribution in [2.45, 2.75) is 45.2 Å². The Morgan fingerprint density at radius 2 is 1.69 bits per heavy atom. The lowest BCUT2D eigenvalue weighted by atomic mass is 9.99. The fourth-order valence-corrected chi connectivity index (χ4v) is 5.22. The van der Waals surface area contributed by atoms with Crippen molar-refractivity contribution in [1.29, 1.82) is 0 Å². The number of benzene rings is 2. The van der Waals surface area contributed by atoms with E-state index in [1.807, 2.05) is 31.3 Å². The molecule has 3 N–H and O–H groups in total. The molecule has 2 aromatic carbocycles. The first-order chi connectivity index (χ1) is 19.9. The molecule has 0 fully saturated rings. The largest absolute Gasteiger partial charge is 0.491 e. The third kappa shape index (κ3) is 8.22. The number of ether oxygens (including phenoxy) is 3. The number of nitrogens with two attached hydrogens (primary N) is 1. The molecule has 0 saturated heterocycles. The summed E-state index contributed by atoms with van der Waals surface area (Å²) in [5.41, 5.74) is 8.83. The molecule has 8 nitrogen and oxygen atoms in total. The molecule has 4 rings (SSSR count). The van der Waals surface area contributed by atoms with Crippen LogP contribution < -0.4 is 10.5 Å². The molecule has 42 heavy (non-hydrogen) atoms. The zero-order valence-corrected chi connectivity index (χ0v) is 25.1. The molecule has 11 heteroatoms. The predicted molar refractivity (Wildman–Crippen MR) is 162 cm³/mol. The molecule has 0 spiro atoms. The summed E-state index contributed by atoms with van der Waals surface area (Å²) in [7, 11) is -4.44. The Hall–Kier alpha value is -3.17. The third-order valence-corrected chi connectivity index (χ3v) is 8.55. The molecule has 0 aliphatic rings. The number of nitrogens with zero attached hydrogens (tertiary/aromatic N) is 2. The molecule has 4 aromatic rings. The highest BCUT2D eigenvalue weighted by atomic mass is 31.2. The number of alkyl halides is 2. The minimum absolute atomic E-state index is 0.00718. The van der Waals surface area contributed by atoms with Crippen LogP contribution in [0.3, 0.4) is 0 Å². The van der Waals surface area contributed by atoms with Crippen LogP contribution in [0.4, 0.5) is 14.6 Å². The first kappa shape index (κ1) is 31.8. The summed E-state index contributed by atoms with van der Waals surface area (Å²) in [6.45, 7) is 6.10. The zero-order valence-electron chi connectivity index (χ0n) is 24.2. The molecule has 2 aromatic heterocycles. The van der Waals surface area contributed by atoms with Gasteiger partial charge in [0.15, 0.2) is 5.82 Å². The van der Waals surface area contributed by atoms with E-state index in [4.69, 9.17) is 24.8 Å². The van der Waals surface area contributed by atoms with Crippen molar-refractivity contribution in [3.8, 4) is 5.75 Å². The van der Waals surface area contributed by atoms with Crippen LogP contribution >= 0.6 is 7.37 Å². The number of anilines is 1. The topological polar surface area (TPSA) is 117 Å². The van der Waals surface area contributed by atoms with Crippen LogP contribution in [0.15, 0.2) is 48.7 Å². The number of fused-ring (bicyclic) bond motifs is 3. The first-order valence-electron chi connectivity index (χ1n) is 13.9. The molecular formula is C31H38F2N3O5P. The molecule has 0 bridgehead atoms. The Morgan fingerprint density at radius 3 is 2.43 bits per heavy atom. The Labute approximate surface area is 244 Å². The number of hydrogen-bond acceptors (Lipinski definition) is 7. The normalized spacial score (nSPS) is 13.5. The summed E-state index contributed by atoms with van der Waals surface area (Å²) >= 11 is 0. The lowest BCUT2D eigenvalue weighted by Crippen LogP contribution is -2.17. The molecule has 0 aliphatic heterocycles. The van der Waals surface area contributed by atoms with Crippen LogP contribution in [-0.2, 0) is 26.9 Å². The number of nitrogen functional groups attached to an aromatic ring is 1. The van der Waals surface area contributed by atoms with E-state index in [1.165, 1.54) is 5.56 Å². The SMILES string of the molecule is Cc1ccc2c(c1)nc(N)c1ncc(CCc3ccc(OCCOCCOCCCC(F)(F)P(C)(=O)O)cc3C)cc12. The van der Waals surface area contributed by atoms with Gasteiger partial charge in [0.25, 0.3) is 7.37 Å². The van der Waals surface area contributed by atoms with Crippen LogP contribution in [0.2, 0.25) is 0 Å². The van der Waals surface area contributed by atoms with Crippen molar-refractivity contribution in [2.24, 2.45) is 0 Å². The minimum Gasteiger partial charge on any atom is -0.491 e. The summed E-state index contributed by atoms with van der Waals surface area (Å²) in [6.07, 6.45) is 2.87. The van der Waals surface area contributed by atoms with Gasteiger partial charge < -0.3 is 24.8 Å². The highest BCUT2D eigenvalue weighted by Crippen LogP contribution is 2.55. The van der Waals surface area contributed by atoms with Gasteiger partial charge in [0.1, 0.15) is 17.9 Å². The average molecular weight is 602 g/mol. The summed E-state index contributed by atoms with van der Waals surface area (Å²) < 4.78 is 54.5. The van der Waals surface area contributed by atoms with Gasteiger partial charge in [-0.2, -0.15) is 8.78 Å². The zero-order chi connectivity index (χ0) is 30.3. The predicted octanol–water partition coefficient (Wildman–Crippen LogP) is 6.45. The van der Waals surface area contributed by atoms with E-state index in [9.17, 15) is 13.3 Å². The highest BCUT2D eigenvalue weighted by molar-refractivity contribution is 7.58. The summed E-state index contributed by atoms with van der Waals surface area (Å²) in [5, 5.41) is 2.06. The van der Waals surface area contributed by atoms with Crippen LogP contribution in [0, 0.1) is 13.8 Å². The smallest absolute Gasteiger partial charge is 0.321 e. The molecule has 1 atom stereocenters. The van der Waals surface area contributed by atoms with Gasteiger partial charge in [0.05, 0.1) is 25.3 Å². The number of halogens is 2. The van der Waals surface area contributed by atoms with Gasteiger partial charge >= 0.3 is 5.66 Å². The standard InChI is InChI=1S/C31H38F2N3O5P/c1-21-5-10-26-27-19-23(20-35-29(27)30(34)36-28(26)17-21)6-7-24-8-9-25(18-22(24)2)41-16-15-40-14-13-39-12-4-11-31(32,33)42(3,37)38/h5,8-10,17-20H,4,6-7,11-16H2,1-3H3,(H2,34,36)(H,37,38). The van der Waals surface area contributed by atoms with E-state index >= 15 is 0 Å². The van der Waals surface area contributed by atoms with Crippen LogP contribution in [-0.4, -0.2) is 60.2 Å². The number of hydrogen-bond donors (Lipinski definition) is 2. The summed E-state index contributed by atoms with van der Waals surface area (Å²) in [4.78, 5) is 18.2. The lowest BCUT2D eigenvalue weighted by Gasteiger charge is -2.18. The lowest BCUT2D eigenvalue weighted by molar-refractivity contribution is 0.0225. The second-order valence-corrected chi connectivity index (χ2v) is 13.0. The third-order valence-electron chi connectivity index (χ3n) is 7.11. The molecule has 2 heterocycles. The monoisotopic (exact) mass is 601 g/mol. The second kappa shape index (κ2) is 13.9. The fraction of sp³-hybridized carbons (Fsp3) is 0.419. The molecule has 0 radical (unpaired) electrons. The summed E-state index contributed by atoms with van der Waals surface area (Å²) in [6, 6.07) is 14.4. The Bertz CT molecular complexity index is 1580. The van der Waals surface area contributed by atoms with E-state index in [0.29, 0.717) is 32.3 Å². The second-order valence-electron chi connectivity index (χ2n) is 10.6. The van der Waals surface area contributed by atoms with E-state index in [2.05, 4.69) is 41.2 Å². The average Bonchev–Trinajstić information content (AvgIpc) is 2.92. The summed E-state index contributed by atoms with van der Waals surface area (Å²) in [5.74, 6) is 1.20. The maximum atomic E-state index is 13.4. The van der Waals surface area contributed by atoms with Gasteiger partial charge in [-0.05, 0) is 79.6 Å². The Balaban J connectivity index is 1.19. The molecular weight excluding hydrogens is 563 g/mol. The van der Waals surface area contributed by atoms with E-state index in [1.54, 1.807) is 0 Å². The van der Waals surface area contributed by atoms with Gasteiger partial charge in [0, 0.05) is 36.7 Å². The Kier molecular flexibility index (Phi) is 10.5. The number of rotatable bonds is 15. The molecule has 0 aliphatic carbocycles. The van der Waals surface area contributed by atoms with Gasteiger partial charge in [0.2, 0.25) is 0 Å². The van der Waals surface area contributed by atoms with Gasteiger partial charge in [-0.15, -0.1) is 0 Å². The van der Waals surface area contributed by atoms with Gasteiger partial charge in [-0.25, -0.2) is 4.98 Å². The van der Waals surface area contributed by atoms with Crippen molar-refractivity contribution in [3.05, 3.63) is 70.9 Å². The molecule has 0 saturated carbocycles. The molecule has 0 amide bonds. The van der Waals surface area contributed by atoms with Crippen LogP contribution in [0.5, 0.6) is 5.75 Å². The van der Waals surface area contributed by atoms with Crippen molar-refractivity contribution in [2.75, 3.05) is 45.4 Å². The van der Waals surface area contributed by atoms with Crippen LogP contribution in [0.1, 0.15) is 35.1 Å². The maximum absolute atomic E-state index is 13.4. The van der Waals surface area contributed by atoms with Gasteiger partial charge in [-0.1, -0.05) is 18.2 Å². The number of aromatic nitrogens is 2. The molecule has 226 valence electrons. The van der Waals surface area contributed by atoms with Crippen molar-refractivity contribution in [1.82, 2.24) is 9.97 Å².